The summed E-state index contributed by atoms with van der Waals surface area (Å²) < 4.78 is 2.15. The maximum absolute atomic E-state index is 13.0. The van der Waals surface area contributed by atoms with Gasteiger partial charge in [-0.2, -0.15) is 0 Å². The van der Waals surface area contributed by atoms with Crippen molar-refractivity contribution in [2.75, 3.05) is 26.2 Å². The Bertz CT molecular complexity index is 673. The van der Waals surface area contributed by atoms with Crippen molar-refractivity contribution in [3.63, 3.8) is 0 Å². The normalized spacial score (nSPS) is 22.5. The number of carbonyl (C=O) groups excluding carboxylic acids is 1. The number of nitrogens with one attached hydrogen (secondary N) is 1. The monoisotopic (exact) mass is 313 g/mol. The number of aromatic nitrogens is 3. The van der Waals surface area contributed by atoms with E-state index in [-0.39, 0.29) is 11.9 Å². The van der Waals surface area contributed by atoms with Gasteiger partial charge in [0.15, 0.2) is 0 Å². The first-order valence-corrected chi connectivity index (χ1v) is 8.47. The summed E-state index contributed by atoms with van der Waals surface area (Å²) in [5, 5.41) is 0. The number of rotatable bonds is 4. The van der Waals surface area contributed by atoms with Gasteiger partial charge in [0.25, 0.3) is 5.91 Å². The summed E-state index contributed by atoms with van der Waals surface area (Å²) in [6.45, 7) is 5.48. The fourth-order valence-electron chi connectivity index (χ4n) is 3.51. The van der Waals surface area contributed by atoms with Gasteiger partial charge in [-0.05, 0) is 31.5 Å². The van der Waals surface area contributed by atoms with Crippen LogP contribution in [0.3, 0.4) is 0 Å². The molecule has 1 N–H and O–H groups in total. The highest BCUT2D eigenvalue weighted by Gasteiger charge is 2.34. The molecule has 23 heavy (non-hydrogen) atoms. The maximum Gasteiger partial charge on any atom is 0.270 e. The Morgan fingerprint density at radius 2 is 2.26 bits per heavy atom. The fourth-order valence-corrected chi connectivity index (χ4v) is 3.51. The quantitative estimate of drug-likeness (QED) is 0.940. The second-order valence-corrected chi connectivity index (χ2v) is 6.40. The number of H-pyrrole nitrogens is 1. The van der Waals surface area contributed by atoms with Gasteiger partial charge >= 0.3 is 0 Å². The van der Waals surface area contributed by atoms with Crippen molar-refractivity contribution < 1.29 is 4.79 Å². The summed E-state index contributed by atoms with van der Waals surface area (Å²) in [5.74, 6) is 1.09. The summed E-state index contributed by atoms with van der Waals surface area (Å²) in [7, 11) is 0. The average Bonchev–Trinajstić information content (AvgIpc) is 3.09. The van der Waals surface area contributed by atoms with Crippen LogP contribution in [0.5, 0.6) is 0 Å². The molecule has 0 bridgehead atoms. The van der Waals surface area contributed by atoms with Gasteiger partial charge < -0.3 is 14.5 Å². The number of aromatic amines is 1. The van der Waals surface area contributed by atoms with E-state index >= 15 is 0 Å². The van der Waals surface area contributed by atoms with Crippen LogP contribution in [0.4, 0.5) is 0 Å². The average molecular weight is 313 g/mol. The van der Waals surface area contributed by atoms with E-state index in [1.165, 1.54) is 12.8 Å². The van der Waals surface area contributed by atoms with Crippen LogP contribution in [0.2, 0.25) is 0 Å². The second-order valence-electron chi connectivity index (χ2n) is 6.40. The van der Waals surface area contributed by atoms with Crippen LogP contribution in [-0.2, 0) is 0 Å². The maximum atomic E-state index is 13.0. The summed E-state index contributed by atoms with van der Waals surface area (Å²) in [4.78, 5) is 25.0. The number of hydrogen-bond acceptors (Lipinski definition) is 3. The predicted molar refractivity (Wildman–Crippen MR) is 87.2 cm³/mol. The van der Waals surface area contributed by atoms with E-state index in [0.29, 0.717) is 12.6 Å². The molecule has 0 radical (unpaired) electrons. The first kappa shape index (κ1) is 14.5. The number of nitrogens with zero attached hydrogens (tertiary/aromatic N) is 4. The minimum Gasteiger partial charge on any atom is -0.347 e. The molecule has 2 aromatic rings. The van der Waals surface area contributed by atoms with Gasteiger partial charge in [0.1, 0.15) is 11.5 Å². The zero-order valence-electron chi connectivity index (χ0n) is 13.5. The third-order valence-corrected chi connectivity index (χ3v) is 4.96. The molecule has 2 aromatic heterocycles. The molecule has 2 fully saturated rings. The highest BCUT2D eigenvalue weighted by molar-refractivity contribution is 5.93. The lowest BCUT2D eigenvalue weighted by Crippen LogP contribution is -2.50. The van der Waals surface area contributed by atoms with Gasteiger partial charge in [-0.15, -0.1) is 0 Å². The molecule has 122 valence electrons. The predicted octanol–water partition coefficient (Wildman–Crippen LogP) is 2.07. The second kappa shape index (κ2) is 5.85. The SMILES string of the molecule is CCN1CCN(C(=O)c2cccn2C2CC2)C[C@@H]1c1ncc[nH]1. The number of carbonyl (C=O) groups is 1. The Balaban J connectivity index is 1.55. The summed E-state index contributed by atoms with van der Waals surface area (Å²) in [5.41, 5.74) is 0.829. The first-order chi connectivity index (χ1) is 11.3. The van der Waals surface area contributed by atoms with Gasteiger partial charge in [0, 0.05) is 44.3 Å². The van der Waals surface area contributed by atoms with E-state index in [1.807, 2.05) is 29.4 Å². The van der Waals surface area contributed by atoms with E-state index < -0.39 is 0 Å². The molecular weight excluding hydrogens is 290 g/mol. The Morgan fingerprint density at radius 3 is 2.96 bits per heavy atom. The van der Waals surface area contributed by atoms with Crippen LogP contribution in [0.25, 0.3) is 0 Å². The first-order valence-electron chi connectivity index (χ1n) is 8.47. The smallest absolute Gasteiger partial charge is 0.270 e. The van der Waals surface area contributed by atoms with Gasteiger partial charge in [0.05, 0.1) is 6.04 Å². The summed E-state index contributed by atoms with van der Waals surface area (Å²) in [6.07, 6.45) is 8.04. The zero-order chi connectivity index (χ0) is 15.8. The number of amides is 1. The van der Waals surface area contributed by atoms with E-state index in [9.17, 15) is 4.79 Å². The standard InChI is InChI=1S/C17H23N5O/c1-2-20-10-11-21(12-15(20)16-18-7-8-19-16)17(23)14-4-3-9-22(14)13-5-6-13/h3-4,7-9,13,15H,2,5-6,10-12H2,1H3,(H,18,19)/t15-/m1/s1. The molecule has 6 nitrogen and oxygen atoms in total. The van der Waals surface area contributed by atoms with Crippen molar-refractivity contribution in [2.24, 2.45) is 0 Å². The molecule has 1 saturated heterocycles. The number of imidazole rings is 1. The number of hydrogen-bond donors (Lipinski definition) is 1. The Labute approximate surface area is 136 Å². The highest BCUT2D eigenvalue weighted by Crippen LogP contribution is 2.36. The number of piperazine rings is 1. The van der Waals surface area contributed by atoms with Crippen molar-refractivity contribution in [1.29, 1.82) is 0 Å². The summed E-state index contributed by atoms with van der Waals surface area (Å²) in [6, 6.07) is 4.62. The van der Waals surface area contributed by atoms with Crippen LogP contribution in [0.15, 0.2) is 30.7 Å². The minimum absolute atomic E-state index is 0.147. The zero-order valence-corrected chi connectivity index (χ0v) is 13.5. The van der Waals surface area contributed by atoms with Crippen LogP contribution in [-0.4, -0.2) is 56.4 Å². The molecule has 1 atom stereocenters. The summed E-state index contributed by atoms with van der Waals surface area (Å²) >= 11 is 0. The van der Waals surface area contributed by atoms with E-state index in [4.69, 9.17) is 0 Å². The lowest BCUT2D eigenvalue weighted by molar-refractivity contribution is 0.0470. The molecule has 6 heteroatoms. The number of likely N-dealkylation sites (N-methyl/N-ethyl adjacent to an activating group) is 1. The Kier molecular flexibility index (Phi) is 3.69. The third kappa shape index (κ3) is 2.67. The molecule has 0 aromatic carbocycles. The van der Waals surface area contributed by atoms with Crippen molar-refractivity contribution >= 4 is 5.91 Å². The largest absolute Gasteiger partial charge is 0.347 e. The Morgan fingerprint density at radius 1 is 1.39 bits per heavy atom. The van der Waals surface area contributed by atoms with Gasteiger partial charge in [-0.3, -0.25) is 9.69 Å². The minimum atomic E-state index is 0.147. The Hall–Kier alpha value is -2.08. The van der Waals surface area contributed by atoms with Crippen LogP contribution < -0.4 is 0 Å². The molecule has 0 unspecified atom stereocenters. The van der Waals surface area contributed by atoms with Crippen LogP contribution >= 0.6 is 0 Å². The van der Waals surface area contributed by atoms with Crippen molar-refractivity contribution in [3.8, 4) is 0 Å². The molecule has 1 amide bonds. The lowest BCUT2D eigenvalue weighted by atomic mass is 10.1. The van der Waals surface area contributed by atoms with E-state index in [2.05, 4.69) is 26.4 Å². The van der Waals surface area contributed by atoms with Gasteiger partial charge in [-0.25, -0.2) is 4.98 Å². The van der Waals surface area contributed by atoms with Gasteiger partial charge in [-0.1, -0.05) is 6.92 Å². The molecule has 1 aliphatic heterocycles. The van der Waals surface area contributed by atoms with Crippen molar-refractivity contribution in [2.45, 2.75) is 31.8 Å². The van der Waals surface area contributed by atoms with Crippen LogP contribution in [0, 0.1) is 0 Å². The highest BCUT2D eigenvalue weighted by atomic mass is 16.2. The topological polar surface area (TPSA) is 57.2 Å². The molecule has 1 aliphatic carbocycles. The van der Waals surface area contributed by atoms with E-state index in [1.54, 1.807) is 6.20 Å². The third-order valence-electron chi connectivity index (χ3n) is 4.96. The molecule has 2 aliphatic rings. The fraction of sp³-hybridized carbons (Fsp3) is 0.529. The van der Waals surface area contributed by atoms with Crippen molar-refractivity contribution in [3.05, 3.63) is 42.2 Å². The van der Waals surface area contributed by atoms with Crippen molar-refractivity contribution in [1.82, 2.24) is 24.3 Å². The van der Waals surface area contributed by atoms with Crippen LogP contribution in [0.1, 0.15) is 48.2 Å². The van der Waals surface area contributed by atoms with E-state index in [0.717, 1.165) is 31.2 Å². The van der Waals surface area contributed by atoms with Gasteiger partial charge in [0.2, 0.25) is 0 Å². The molecule has 0 spiro atoms. The molecule has 4 rings (SSSR count). The molecule has 3 heterocycles. The molecular formula is C17H23N5O. The molecule has 1 saturated carbocycles. The lowest BCUT2D eigenvalue weighted by Gasteiger charge is -2.40.